The lowest BCUT2D eigenvalue weighted by Crippen LogP contribution is -2.34. The molecule has 2 unspecified atom stereocenters. The Labute approximate surface area is 137 Å². The van der Waals surface area contributed by atoms with Gasteiger partial charge in [-0.15, -0.1) is 0 Å². The van der Waals surface area contributed by atoms with E-state index in [2.05, 4.69) is 5.32 Å². The van der Waals surface area contributed by atoms with E-state index in [1.807, 2.05) is 29.2 Å². The normalized spacial score (nSPS) is 24.7. The monoisotopic (exact) mass is 315 g/mol. The minimum atomic E-state index is 0.0284. The van der Waals surface area contributed by atoms with Gasteiger partial charge in [0.25, 0.3) is 0 Å². The highest BCUT2D eigenvalue weighted by atomic mass is 16.2. The molecule has 2 aliphatic rings. The van der Waals surface area contributed by atoms with Crippen molar-refractivity contribution in [3.05, 3.63) is 29.8 Å². The fourth-order valence-electron chi connectivity index (χ4n) is 3.50. The Morgan fingerprint density at radius 1 is 1.22 bits per heavy atom. The number of nitrogens with two attached hydrogens (primary N) is 1. The van der Waals surface area contributed by atoms with Gasteiger partial charge >= 0.3 is 0 Å². The van der Waals surface area contributed by atoms with Crippen LogP contribution in [-0.2, 0) is 16.1 Å². The number of hydrogen-bond acceptors (Lipinski definition) is 3. The first-order valence-electron chi connectivity index (χ1n) is 8.55. The second kappa shape index (κ2) is 7.13. The van der Waals surface area contributed by atoms with E-state index in [9.17, 15) is 9.59 Å². The topological polar surface area (TPSA) is 75.4 Å². The zero-order chi connectivity index (χ0) is 16.2. The lowest BCUT2D eigenvalue weighted by atomic mass is 9.85. The van der Waals surface area contributed by atoms with E-state index in [-0.39, 0.29) is 23.8 Å². The summed E-state index contributed by atoms with van der Waals surface area (Å²) in [6.07, 6.45) is 5.37. The zero-order valence-electron chi connectivity index (χ0n) is 13.5. The van der Waals surface area contributed by atoms with Crippen LogP contribution < -0.4 is 11.1 Å². The summed E-state index contributed by atoms with van der Waals surface area (Å²) in [6.45, 7) is 1.50. The maximum atomic E-state index is 12.3. The first-order valence-corrected chi connectivity index (χ1v) is 8.55. The van der Waals surface area contributed by atoms with Crippen molar-refractivity contribution in [1.29, 1.82) is 0 Å². The average molecular weight is 315 g/mol. The van der Waals surface area contributed by atoms with E-state index >= 15 is 0 Å². The standard InChI is InChI=1S/C18H25N3O2/c19-15-4-1-3-14(11-15)18(23)20-16-8-6-13(7-9-16)12-21-10-2-5-17(21)22/h6-9,14-15H,1-5,10-12,19H2,(H,20,23). The van der Waals surface area contributed by atoms with Gasteiger partial charge in [-0.25, -0.2) is 0 Å². The summed E-state index contributed by atoms with van der Waals surface area (Å²) in [4.78, 5) is 25.8. The zero-order valence-corrected chi connectivity index (χ0v) is 13.5. The highest BCUT2D eigenvalue weighted by Gasteiger charge is 2.25. The van der Waals surface area contributed by atoms with Crippen LogP contribution in [0.1, 0.15) is 44.1 Å². The Morgan fingerprint density at radius 2 is 2.00 bits per heavy atom. The molecule has 1 heterocycles. The van der Waals surface area contributed by atoms with Gasteiger partial charge in [-0.3, -0.25) is 9.59 Å². The molecule has 1 saturated carbocycles. The molecule has 3 N–H and O–H groups in total. The van der Waals surface area contributed by atoms with Crippen LogP contribution in [-0.4, -0.2) is 29.3 Å². The molecular weight excluding hydrogens is 290 g/mol. The second-order valence-electron chi connectivity index (χ2n) is 6.73. The van der Waals surface area contributed by atoms with Crippen molar-refractivity contribution in [3.8, 4) is 0 Å². The molecule has 5 heteroatoms. The van der Waals surface area contributed by atoms with Crippen LogP contribution in [0.25, 0.3) is 0 Å². The SMILES string of the molecule is NC1CCCC(C(=O)Nc2ccc(CN3CCCC3=O)cc2)C1. The Morgan fingerprint density at radius 3 is 2.65 bits per heavy atom. The highest BCUT2D eigenvalue weighted by Crippen LogP contribution is 2.24. The van der Waals surface area contributed by atoms with Crippen LogP contribution in [0.2, 0.25) is 0 Å². The molecule has 1 aromatic rings. The largest absolute Gasteiger partial charge is 0.338 e. The van der Waals surface area contributed by atoms with Crippen LogP contribution in [0, 0.1) is 5.92 Å². The minimum Gasteiger partial charge on any atom is -0.338 e. The fraction of sp³-hybridized carbons (Fsp3) is 0.556. The molecule has 0 radical (unpaired) electrons. The predicted molar refractivity (Wildman–Crippen MR) is 89.7 cm³/mol. The molecule has 2 amide bonds. The van der Waals surface area contributed by atoms with Gasteiger partial charge in [-0.1, -0.05) is 18.6 Å². The third-order valence-electron chi connectivity index (χ3n) is 4.85. The van der Waals surface area contributed by atoms with Gasteiger partial charge in [0, 0.05) is 37.2 Å². The van der Waals surface area contributed by atoms with Crippen molar-refractivity contribution in [2.45, 2.75) is 51.1 Å². The molecular formula is C18H25N3O2. The Hall–Kier alpha value is -1.88. The number of hydrogen-bond donors (Lipinski definition) is 2. The number of carbonyl (C=O) groups excluding carboxylic acids is 2. The van der Waals surface area contributed by atoms with Crippen LogP contribution in [0.4, 0.5) is 5.69 Å². The molecule has 3 rings (SSSR count). The third-order valence-corrected chi connectivity index (χ3v) is 4.85. The Bertz CT molecular complexity index is 570. The lowest BCUT2D eigenvalue weighted by molar-refractivity contribution is -0.128. The van der Waals surface area contributed by atoms with E-state index < -0.39 is 0 Å². The molecule has 1 aliphatic carbocycles. The first kappa shape index (κ1) is 16.0. The summed E-state index contributed by atoms with van der Waals surface area (Å²) >= 11 is 0. The molecule has 2 atom stereocenters. The molecule has 5 nitrogen and oxygen atoms in total. The molecule has 0 spiro atoms. The fourth-order valence-corrected chi connectivity index (χ4v) is 3.50. The number of nitrogens with zero attached hydrogens (tertiary/aromatic N) is 1. The number of amides is 2. The summed E-state index contributed by atoms with van der Waals surface area (Å²) in [5.41, 5.74) is 7.86. The molecule has 2 fully saturated rings. The number of likely N-dealkylation sites (tertiary alicyclic amines) is 1. The van der Waals surface area contributed by atoms with Gasteiger partial charge in [-0.2, -0.15) is 0 Å². The Kier molecular flexibility index (Phi) is 4.96. The molecule has 0 aromatic heterocycles. The smallest absolute Gasteiger partial charge is 0.227 e. The number of rotatable bonds is 4. The van der Waals surface area contributed by atoms with Gasteiger partial charge in [0.15, 0.2) is 0 Å². The number of benzene rings is 1. The molecule has 1 aliphatic heterocycles. The van der Waals surface area contributed by atoms with Gasteiger partial charge in [-0.05, 0) is 43.4 Å². The first-order chi connectivity index (χ1) is 11.1. The summed E-state index contributed by atoms with van der Waals surface area (Å²) in [5, 5.41) is 2.99. The van der Waals surface area contributed by atoms with E-state index in [0.29, 0.717) is 13.0 Å². The van der Waals surface area contributed by atoms with Crippen molar-refractivity contribution in [3.63, 3.8) is 0 Å². The maximum absolute atomic E-state index is 12.3. The van der Waals surface area contributed by atoms with Crippen molar-refractivity contribution in [2.75, 3.05) is 11.9 Å². The van der Waals surface area contributed by atoms with E-state index in [1.54, 1.807) is 0 Å². The average Bonchev–Trinajstić information content (AvgIpc) is 2.94. The van der Waals surface area contributed by atoms with Crippen molar-refractivity contribution < 1.29 is 9.59 Å². The maximum Gasteiger partial charge on any atom is 0.227 e. The second-order valence-corrected chi connectivity index (χ2v) is 6.73. The predicted octanol–water partition coefficient (Wildman–Crippen LogP) is 2.26. The summed E-state index contributed by atoms with van der Waals surface area (Å²) < 4.78 is 0. The van der Waals surface area contributed by atoms with E-state index in [1.165, 1.54) is 0 Å². The quantitative estimate of drug-likeness (QED) is 0.895. The molecule has 124 valence electrons. The lowest BCUT2D eigenvalue weighted by Gasteiger charge is -2.25. The number of carbonyl (C=O) groups is 2. The summed E-state index contributed by atoms with van der Waals surface area (Å²) in [5.74, 6) is 0.333. The van der Waals surface area contributed by atoms with Crippen molar-refractivity contribution >= 4 is 17.5 Å². The highest BCUT2D eigenvalue weighted by molar-refractivity contribution is 5.92. The molecule has 0 bridgehead atoms. The molecule has 1 saturated heterocycles. The van der Waals surface area contributed by atoms with Gasteiger partial charge < -0.3 is 16.0 Å². The molecule has 1 aromatic carbocycles. The van der Waals surface area contributed by atoms with E-state index in [0.717, 1.165) is 49.9 Å². The van der Waals surface area contributed by atoms with Crippen molar-refractivity contribution in [2.24, 2.45) is 11.7 Å². The van der Waals surface area contributed by atoms with Gasteiger partial charge in [0.1, 0.15) is 0 Å². The molecule has 23 heavy (non-hydrogen) atoms. The van der Waals surface area contributed by atoms with Crippen LogP contribution in [0.15, 0.2) is 24.3 Å². The van der Waals surface area contributed by atoms with Gasteiger partial charge in [0.05, 0.1) is 0 Å². The van der Waals surface area contributed by atoms with Crippen LogP contribution >= 0.6 is 0 Å². The third kappa shape index (κ3) is 4.10. The van der Waals surface area contributed by atoms with Crippen LogP contribution in [0.3, 0.4) is 0 Å². The van der Waals surface area contributed by atoms with Crippen molar-refractivity contribution in [1.82, 2.24) is 4.90 Å². The minimum absolute atomic E-state index is 0.0284. The summed E-state index contributed by atoms with van der Waals surface area (Å²) in [7, 11) is 0. The Balaban J connectivity index is 1.54. The number of anilines is 1. The van der Waals surface area contributed by atoms with E-state index in [4.69, 9.17) is 5.73 Å². The number of nitrogens with one attached hydrogen (secondary N) is 1. The van der Waals surface area contributed by atoms with Crippen LogP contribution in [0.5, 0.6) is 0 Å². The summed E-state index contributed by atoms with van der Waals surface area (Å²) in [6, 6.07) is 7.94. The van der Waals surface area contributed by atoms with Gasteiger partial charge in [0.2, 0.25) is 11.8 Å².